The Bertz CT molecular complexity index is 775. The lowest BCUT2D eigenvalue weighted by molar-refractivity contribution is -0.385. The predicted octanol–water partition coefficient (Wildman–Crippen LogP) is 4.13. The molecule has 3 rings (SSSR count). The van der Waals surface area contributed by atoms with Crippen molar-refractivity contribution in [1.29, 1.82) is 0 Å². The smallest absolute Gasteiger partial charge is 0.416 e. The Kier molecular flexibility index (Phi) is 3.47. The molecule has 2 aromatic carbocycles. The van der Waals surface area contributed by atoms with Crippen LogP contribution in [0.1, 0.15) is 5.56 Å². The van der Waals surface area contributed by atoms with Crippen LogP contribution in [0.5, 0.6) is 23.0 Å². The number of rotatable bonds is 3. The Morgan fingerprint density at radius 3 is 2.52 bits per heavy atom. The van der Waals surface area contributed by atoms with E-state index in [9.17, 15) is 23.3 Å². The number of nitro groups is 1. The van der Waals surface area contributed by atoms with Gasteiger partial charge in [0, 0.05) is 12.1 Å². The molecular weight excluding hydrogens is 319 g/mol. The molecule has 0 aliphatic carbocycles. The second kappa shape index (κ2) is 5.34. The summed E-state index contributed by atoms with van der Waals surface area (Å²) in [6, 6.07) is 6.50. The molecule has 0 atom stereocenters. The molecule has 2 aromatic rings. The van der Waals surface area contributed by atoms with E-state index in [4.69, 9.17) is 14.2 Å². The van der Waals surface area contributed by atoms with Crippen molar-refractivity contribution in [3.05, 3.63) is 52.1 Å². The van der Waals surface area contributed by atoms with Crippen molar-refractivity contribution in [3.63, 3.8) is 0 Å². The van der Waals surface area contributed by atoms with Gasteiger partial charge in [-0.3, -0.25) is 10.1 Å². The van der Waals surface area contributed by atoms with Gasteiger partial charge in [-0.25, -0.2) is 0 Å². The fourth-order valence-electron chi connectivity index (χ4n) is 1.99. The van der Waals surface area contributed by atoms with Crippen LogP contribution in [0.3, 0.4) is 0 Å². The SMILES string of the molecule is O=[N+]([O-])c1cc(C(F)(F)F)ccc1Oc1ccc2c(c1)OCO2. The minimum absolute atomic E-state index is 0.0409. The Labute approximate surface area is 127 Å². The first kappa shape index (κ1) is 14.9. The fraction of sp³-hybridized carbons (Fsp3) is 0.143. The lowest BCUT2D eigenvalue weighted by atomic mass is 10.2. The molecule has 23 heavy (non-hydrogen) atoms. The van der Waals surface area contributed by atoms with E-state index >= 15 is 0 Å². The van der Waals surface area contributed by atoms with E-state index in [1.54, 1.807) is 0 Å². The van der Waals surface area contributed by atoms with Crippen LogP contribution in [-0.2, 0) is 6.18 Å². The van der Waals surface area contributed by atoms with E-state index in [1.165, 1.54) is 18.2 Å². The van der Waals surface area contributed by atoms with Crippen molar-refractivity contribution in [3.8, 4) is 23.0 Å². The lowest BCUT2D eigenvalue weighted by Crippen LogP contribution is -2.06. The number of hydrogen-bond acceptors (Lipinski definition) is 5. The van der Waals surface area contributed by atoms with Crippen LogP contribution in [0.2, 0.25) is 0 Å². The highest BCUT2D eigenvalue weighted by molar-refractivity contribution is 5.53. The highest BCUT2D eigenvalue weighted by Gasteiger charge is 2.33. The summed E-state index contributed by atoms with van der Waals surface area (Å²) in [7, 11) is 0. The van der Waals surface area contributed by atoms with E-state index < -0.39 is 22.4 Å². The van der Waals surface area contributed by atoms with E-state index in [0.717, 1.165) is 12.1 Å². The molecular formula is C14H8F3NO5. The van der Waals surface area contributed by atoms with Gasteiger partial charge in [-0.2, -0.15) is 13.2 Å². The second-order valence-corrected chi connectivity index (χ2v) is 4.55. The summed E-state index contributed by atoms with van der Waals surface area (Å²) in [5.41, 5.74) is -1.90. The number of fused-ring (bicyclic) bond motifs is 1. The number of nitrogens with zero attached hydrogens (tertiary/aromatic N) is 1. The average molecular weight is 327 g/mol. The van der Waals surface area contributed by atoms with E-state index in [1.807, 2.05) is 0 Å². The van der Waals surface area contributed by atoms with Gasteiger partial charge >= 0.3 is 11.9 Å². The van der Waals surface area contributed by atoms with Crippen molar-refractivity contribution >= 4 is 5.69 Å². The maximum Gasteiger partial charge on any atom is 0.416 e. The van der Waals surface area contributed by atoms with Gasteiger partial charge in [0.15, 0.2) is 11.5 Å². The first-order valence-corrected chi connectivity index (χ1v) is 6.28. The largest absolute Gasteiger partial charge is 0.454 e. The van der Waals surface area contributed by atoms with Crippen LogP contribution in [0.25, 0.3) is 0 Å². The zero-order valence-corrected chi connectivity index (χ0v) is 11.3. The van der Waals surface area contributed by atoms with Crippen molar-refractivity contribution < 1.29 is 32.3 Å². The summed E-state index contributed by atoms with van der Waals surface area (Å²) in [6.07, 6.45) is -4.68. The molecule has 0 spiro atoms. The Hall–Kier alpha value is -2.97. The van der Waals surface area contributed by atoms with E-state index in [2.05, 4.69) is 0 Å². The lowest BCUT2D eigenvalue weighted by Gasteiger charge is -2.10. The van der Waals surface area contributed by atoms with Gasteiger partial charge in [0.1, 0.15) is 5.75 Å². The summed E-state index contributed by atoms with van der Waals surface area (Å²) in [5, 5.41) is 11.0. The van der Waals surface area contributed by atoms with Gasteiger partial charge in [0.05, 0.1) is 10.5 Å². The third-order valence-electron chi connectivity index (χ3n) is 3.05. The fourth-order valence-corrected chi connectivity index (χ4v) is 1.99. The standard InChI is InChI=1S/C14H8F3NO5/c15-14(16,17)8-1-3-11(10(5-8)18(19)20)23-9-2-4-12-13(6-9)22-7-21-12/h1-6H,7H2. The number of hydrogen-bond donors (Lipinski definition) is 0. The highest BCUT2D eigenvalue weighted by Crippen LogP contribution is 2.40. The highest BCUT2D eigenvalue weighted by atomic mass is 19.4. The average Bonchev–Trinajstić information content (AvgIpc) is 2.93. The van der Waals surface area contributed by atoms with Gasteiger partial charge in [-0.15, -0.1) is 0 Å². The van der Waals surface area contributed by atoms with Crippen LogP contribution in [0, 0.1) is 10.1 Å². The van der Waals surface area contributed by atoms with Gasteiger partial charge in [0.2, 0.25) is 12.5 Å². The molecule has 1 aliphatic heterocycles. The summed E-state index contributed by atoms with van der Waals surface area (Å²) >= 11 is 0. The zero-order valence-electron chi connectivity index (χ0n) is 11.3. The van der Waals surface area contributed by atoms with Crippen LogP contribution in [-0.4, -0.2) is 11.7 Å². The molecule has 1 heterocycles. The molecule has 1 aliphatic rings. The third-order valence-corrected chi connectivity index (χ3v) is 3.05. The predicted molar refractivity (Wildman–Crippen MR) is 70.7 cm³/mol. The molecule has 0 unspecified atom stereocenters. The normalized spacial score (nSPS) is 13.0. The quantitative estimate of drug-likeness (QED) is 0.626. The van der Waals surface area contributed by atoms with Crippen LogP contribution in [0.15, 0.2) is 36.4 Å². The topological polar surface area (TPSA) is 70.8 Å². The molecule has 0 saturated carbocycles. The Balaban J connectivity index is 1.95. The summed E-state index contributed by atoms with van der Waals surface area (Å²) in [5.74, 6) is 0.746. The maximum absolute atomic E-state index is 12.6. The molecule has 120 valence electrons. The molecule has 0 bridgehead atoms. The van der Waals surface area contributed by atoms with Crippen molar-refractivity contribution in [2.45, 2.75) is 6.18 Å². The number of nitro benzene ring substituents is 1. The molecule has 0 aromatic heterocycles. The van der Waals surface area contributed by atoms with Crippen LogP contribution < -0.4 is 14.2 Å². The van der Waals surface area contributed by atoms with Crippen molar-refractivity contribution in [2.24, 2.45) is 0 Å². The van der Waals surface area contributed by atoms with Crippen molar-refractivity contribution in [1.82, 2.24) is 0 Å². The maximum atomic E-state index is 12.6. The van der Waals surface area contributed by atoms with E-state index in [-0.39, 0.29) is 18.3 Å². The van der Waals surface area contributed by atoms with Crippen LogP contribution >= 0.6 is 0 Å². The minimum Gasteiger partial charge on any atom is -0.454 e. The molecule has 0 amide bonds. The summed E-state index contributed by atoms with van der Waals surface area (Å²) in [6.45, 7) is 0.0409. The Morgan fingerprint density at radius 1 is 1.09 bits per heavy atom. The van der Waals surface area contributed by atoms with Gasteiger partial charge < -0.3 is 14.2 Å². The van der Waals surface area contributed by atoms with Gasteiger partial charge in [-0.1, -0.05) is 0 Å². The molecule has 9 heteroatoms. The number of alkyl halides is 3. The molecule has 0 N–H and O–H groups in total. The molecule has 0 fully saturated rings. The van der Waals surface area contributed by atoms with Crippen LogP contribution in [0.4, 0.5) is 18.9 Å². The number of halogens is 3. The number of ether oxygens (including phenoxy) is 3. The zero-order chi connectivity index (χ0) is 16.6. The second-order valence-electron chi connectivity index (χ2n) is 4.55. The Morgan fingerprint density at radius 2 is 1.83 bits per heavy atom. The number of benzene rings is 2. The molecule has 0 saturated heterocycles. The molecule has 6 nitrogen and oxygen atoms in total. The van der Waals surface area contributed by atoms with Gasteiger partial charge in [0.25, 0.3) is 0 Å². The molecule has 0 radical (unpaired) electrons. The van der Waals surface area contributed by atoms with Crippen molar-refractivity contribution in [2.75, 3.05) is 6.79 Å². The van der Waals surface area contributed by atoms with E-state index in [0.29, 0.717) is 17.6 Å². The third kappa shape index (κ3) is 2.98. The first-order chi connectivity index (χ1) is 10.8. The first-order valence-electron chi connectivity index (χ1n) is 6.28. The van der Waals surface area contributed by atoms with Gasteiger partial charge in [-0.05, 0) is 24.3 Å². The minimum atomic E-state index is -4.68. The summed E-state index contributed by atoms with van der Waals surface area (Å²) < 4.78 is 53.5. The monoisotopic (exact) mass is 327 g/mol. The summed E-state index contributed by atoms with van der Waals surface area (Å²) in [4.78, 5) is 10.1.